The first-order valence-electron chi connectivity index (χ1n) is 6.57. The van der Waals surface area contributed by atoms with E-state index in [1.807, 2.05) is 6.07 Å². The standard InChI is InChI=1S/C14H22N4O/c1-3-16-14-13(6-4-8-17-14)12-18(9-5-7-15)10-11-19-2/h4,6,8H,3,5,9-12H2,1-2H3,(H,16,17). The van der Waals surface area contributed by atoms with Gasteiger partial charge in [-0.15, -0.1) is 0 Å². The molecule has 1 aromatic rings. The molecule has 19 heavy (non-hydrogen) atoms. The maximum Gasteiger partial charge on any atom is 0.130 e. The van der Waals surface area contributed by atoms with Crippen LogP contribution in [0.5, 0.6) is 0 Å². The van der Waals surface area contributed by atoms with Crippen molar-refractivity contribution in [3.8, 4) is 6.07 Å². The largest absolute Gasteiger partial charge is 0.383 e. The van der Waals surface area contributed by atoms with Crippen LogP contribution in [0, 0.1) is 11.3 Å². The molecule has 1 N–H and O–H groups in total. The average Bonchev–Trinajstić information content (AvgIpc) is 2.44. The molecule has 1 heterocycles. The van der Waals surface area contributed by atoms with Gasteiger partial charge in [-0.25, -0.2) is 4.98 Å². The first kappa shape index (κ1) is 15.4. The van der Waals surface area contributed by atoms with Gasteiger partial charge in [-0.1, -0.05) is 6.07 Å². The number of nitriles is 1. The summed E-state index contributed by atoms with van der Waals surface area (Å²) in [5.74, 6) is 0.921. The third kappa shape index (κ3) is 5.69. The number of anilines is 1. The van der Waals surface area contributed by atoms with Crippen LogP contribution in [0.25, 0.3) is 0 Å². The summed E-state index contributed by atoms with van der Waals surface area (Å²) >= 11 is 0. The fourth-order valence-electron chi connectivity index (χ4n) is 1.83. The lowest BCUT2D eigenvalue weighted by Crippen LogP contribution is -2.28. The summed E-state index contributed by atoms with van der Waals surface area (Å²) in [4.78, 5) is 6.56. The van der Waals surface area contributed by atoms with Crippen molar-refractivity contribution >= 4 is 5.82 Å². The maximum absolute atomic E-state index is 8.71. The summed E-state index contributed by atoms with van der Waals surface area (Å²) in [7, 11) is 1.69. The first-order chi connectivity index (χ1) is 9.31. The third-order valence-corrected chi connectivity index (χ3v) is 2.78. The highest BCUT2D eigenvalue weighted by Crippen LogP contribution is 2.14. The normalized spacial score (nSPS) is 10.4. The van der Waals surface area contributed by atoms with Crippen molar-refractivity contribution in [2.24, 2.45) is 0 Å². The van der Waals surface area contributed by atoms with Gasteiger partial charge in [-0.2, -0.15) is 5.26 Å². The Bertz CT molecular complexity index is 403. The topological polar surface area (TPSA) is 61.2 Å². The van der Waals surface area contributed by atoms with Gasteiger partial charge in [-0.05, 0) is 13.0 Å². The van der Waals surface area contributed by atoms with Crippen molar-refractivity contribution in [2.45, 2.75) is 19.9 Å². The molecule has 0 aliphatic rings. The van der Waals surface area contributed by atoms with Crippen LogP contribution in [-0.4, -0.2) is 43.2 Å². The van der Waals surface area contributed by atoms with E-state index in [0.29, 0.717) is 13.0 Å². The molecule has 0 radical (unpaired) electrons. The number of pyridine rings is 1. The van der Waals surface area contributed by atoms with Crippen LogP contribution in [0.2, 0.25) is 0 Å². The number of ether oxygens (including phenoxy) is 1. The fourth-order valence-corrected chi connectivity index (χ4v) is 1.83. The minimum absolute atomic E-state index is 0.528. The molecular formula is C14H22N4O. The van der Waals surface area contributed by atoms with Gasteiger partial charge in [0.1, 0.15) is 5.82 Å². The molecule has 0 amide bonds. The van der Waals surface area contributed by atoms with E-state index < -0.39 is 0 Å². The highest BCUT2D eigenvalue weighted by Gasteiger charge is 2.09. The molecule has 0 bridgehead atoms. The second-order valence-corrected chi connectivity index (χ2v) is 4.22. The number of methoxy groups -OCH3 is 1. The predicted octanol–water partition coefficient (Wildman–Crippen LogP) is 1.88. The van der Waals surface area contributed by atoms with Gasteiger partial charge < -0.3 is 10.1 Å². The molecule has 0 aliphatic carbocycles. The van der Waals surface area contributed by atoms with Crippen molar-refractivity contribution in [3.63, 3.8) is 0 Å². The SMILES string of the molecule is CCNc1ncccc1CN(CCC#N)CCOC. The second kappa shape index (κ2) is 9.31. The van der Waals surface area contributed by atoms with E-state index >= 15 is 0 Å². The number of hydrogen-bond donors (Lipinski definition) is 1. The van der Waals surface area contributed by atoms with Gasteiger partial charge in [0.25, 0.3) is 0 Å². The zero-order valence-electron chi connectivity index (χ0n) is 11.7. The Morgan fingerprint density at radius 2 is 2.32 bits per heavy atom. The van der Waals surface area contributed by atoms with Crippen molar-refractivity contribution in [2.75, 3.05) is 38.7 Å². The van der Waals surface area contributed by atoms with Gasteiger partial charge in [0, 0.05) is 51.5 Å². The van der Waals surface area contributed by atoms with E-state index in [0.717, 1.165) is 37.6 Å². The number of aromatic nitrogens is 1. The smallest absolute Gasteiger partial charge is 0.130 e. The highest BCUT2D eigenvalue weighted by molar-refractivity contribution is 5.43. The van der Waals surface area contributed by atoms with E-state index in [4.69, 9.17) is 10.00 Å². The summed E-state index contributed by atoms with van der Waals surface area (Å²) in [5, 5.41) is 12.0. The predicted molar refractivity (Wildman–Crippen MR) is 75.8 cm³/mol. The van der Waals surface area contributed by atoms with Crippen LogP contribution in [0.15, 0.2) is 18.3 Å². The molecular weight excluding hydrogens is 240 g/mol. The summed E-state index contributed by atoms with van der Waals surface area (Å²) in [6, 6.07) is 6.19. The zero-order valence-corrected chi connectivity index (χ0v) is 11.7. The van der Waals surface area contributed by atoms with Crippen LogP contribution in [-0.2, 0) is 11.3 Å². The Labute approximate surface area is 115 Å². The number of nitrogens with zero attached hydrogens (tertiary/aromatic N) is 3. The molecule has 0 fully saturated rings. The summed E-state index contributed by atoms with van der Waals surface area (Å²) in [6.45, 7) is 5.92. The van der Waals surface area contributed by atoms with Gasteiger partial charge in [0.05, 0.1) is 12.7 Å². The minimum Gasteiger partial charge on any atom is -0.383 e. The molecule has 5 nitrogen and oxygen atoms in total. The second-order valence-electron chi connectivity index (χ2n) is 4.22. The Kier molecular flexibility index (Phi) is 7.56. The summed E-state index contributed by atoms with van der Waals surface area (Å²) in [6.07, 6.45) is 2.32. The third-order valence-electron chi connectivity index (χ3n) is 2.78. The van der Waals surface area contributed by atoms with Crippen LogP contribution in [0.4, 0.5) is 5.82 Å². The lowest BCUT2D eigenvalue weighted by Gasteiger charge is -2.22. The van der Waals surface area contributed by atoms with E-state index in [9.17, 15) is 0 Å². The minimum atomic E-state index is 0.528. The van der Waals surface area contributed by atoms with E-state index in [1.54, 1.807) is 13.3 Å². The molecule has 0 aromatic carbocycles. The zero-order chi connectivity index (χ0) is 13.9. The van der Waals surface area contributed by atoms with Crippen LogP contribution < -0.4 is 5.32 Å². The quantitative estimate of drug-likeness (QED) is 0.736. The van der Waals surface area contributed by atoms with Crippen LogP contribution >= 0.6 is 0 Å². The maximum atomic E-state index is 8.71. The lowest BCUT2D eigenvalue weighted by molar-refractivity contribution is 0.145. The average molecular weight is 262 g/mol. The molecule has 1 aromatic heterocycles. The summed E-state index contributed by atoms with van der Waals surface area (Å²) in [5.41, 5.74) is 1.15. The Balaban J connectivity index is 2.68. The van der Waals surface area contributed by atoms with Crippen LogP contribution in [0.1, 0.15) is 18.9 Å². The molecule has 5 heteroatoms. The van der Waals surface area contributed by atoms with E-state index in [1.165, 1.54) is 0 Å². The van der Waals surface area contributed by atoms with Crippen molar-refractivity contribution in [1.29, 1.82) is 5.26 Å². The molecule has 0 atom stereocenters. The van der Waals surface area contributed by atoms with Gasteiger partial charge in [0.15, 0.2) is 0 Å². The lowest BCUT2D eigenvalue weighted by atomic mass is 10.2. The number of hydrogen-bond acceptors (Lipinski definition) is 5. The molecule has 0 unspecified atom stereocenters. The monoisotopic (exact) mass is 262 g/mol. The molecule has 0 saturated carbocycles. The van der Waals surface area contributed by atoms with Crippen LogP contribution in [0.3, 0.4) is 0 Å². The Morgan fingerprint density at radius 3 is 3.00 bits per heavy atom. The van der Waals surface area contributed by atoms with E-state index in [2.05, 4.69) is 34.3 Å². The molecule has 0 spiro atoms. The van der Waals surface area contributed by atoms with Crippen molar-refractivity contribution < 1.29 is 4.74 Å². The fraction of sp³-hybridized carbons (Fsp3) is 0.571. The van der Waals surface area contributed by atoms with E-state index in [-0.39, 0.29) is 0 Å². The molecule has 1 rings (SSSR count). The molecule has 0 aliphatic heterocycles. The Morgan fingerprint density at radius 1 is 1.47 bits per heavy atom. The highest BCUT2D eigenvalue weighted by atomic mass is 16.5. The number of rotatable bonds is 9. The molecule has 104 valence electrons. The van der Waals surface area contributed by atoms with Crippen molar-refractivity contribution in [1.82, 2.24) is 9.88 Å². The van der Waals surface area contributed by atoms with Gasteiger partial charge in [0.2, 0.25) is 0 Å². The molecule has 0 saturated heterocycles. The van der Waals surface area contributed by atoms with Gasteiger partial charge in [-0.3, -0.25) is 4.90 Å². The Hall–Kier alpha value is -1.64. The first-order valence-corrected chi connectivity index (χ1v) is 6.57. The van der Waals surface area contributed by atoms with Crippen molar-refractivity contribution in [3.05, 3.63) is 23.9 Å². The number of nitrogens with one attached hydrogen (secondary N) is 1. The summed E-state index contributed by atoms with van der Waals surface area (Å²) < 4.78 is 5.11. The van der Waals surface area contributed by atoms with Gasteiger partial charge >= 0.3 is 0 Å².